The van der Waals surface area contributed by atoms with Crippen LogP contribution in [0.1, 0.15) is 57.6 Å². The highest BCUT2D eigenvalue weighted by Gasteiger charge is 2.20. The molecule has 35 heavy (non-hydrogen) atoms. The summed E-state index contributed by atoms with van der Waals surface area (Å²) >= 11 is 0. The molecular formula is C25H34N6O4. The van der Waals surface area contributed by atoms with E-state index in [1.54, 1.807) is 10.6 Å². The van der Waals surface area contributed by atoms with Crippen LogP contribution in [0.2, 0.25) is 0 Å². The first-order chi connectivity index (χ1) is 16.9. The lowest BCUT2D eigenvalue weighted by Gasteiger charge is -2.23. The van der Waals surface area contributed by atoms with E-state index in [0.717, 1.165) is 37.1 Å². The van der Waals surface area contributed by atoms with Gasteiger partial charge in [0.25, 0.3) is 0 Å². The number of benzene rings is 1. The van der Waals surface area contributed by atoms with Gasteiger partial charge >= 0.3 is 12.2 Å². The maximum atomic E-state index is 12.1. The van der Waals surface area contributed by atoms with Crippen LogP contribution in [-0.4, -0.2) is 51.5 Å². The molecule has 188 valence electrons. The molecule has 1 aliphatic heterocycles. The predicted molar refractivity (Wildman–Crippen MR) is 132 cm³/mol. The van der Waals surface area contributed by atoms with Gasteiger partial charge in [-0.1, -0.05) is 45.9 Å². The molecule has 0 amide bonds. The normalized spacial score (nSPS) is 16.0. The quantitative estimate of drug-likeness (QED) is 0.343. The second kappa shape index (κ2) is 11.4. The van der Waals surface area contributed by atoms with Crippen LogP contribution in [0.25, 0.3) is 5.65 Å². The molecule has 4 rings (SSSR count). The number of carbonyl (C=O) groups excluding carboxylic acids is 1. The first kappa shape index (κ1) is 24.7. The van der Waals surface area contributed by atoms with Crippen molar-refractivity contribution in [2.24, 2.45) is 5.92 Å². The maximum Gasteiger partial charge on any atom is 0.513 e. The standard InChI is InChI=1S/C25H34N6O4/c1-16(2)15-33-25(32)35-21-10-6-5-8-18(21)12-27-23-30-24(34-19-9-7-11-26-13-19)29-22-20(17(3)4)14-28-31(22)23/h5-6,8,10,14,16-17,19,26H,7,9,11-13,15H2,1-4H3,(H,27,29,30)/t19-/m1/s1. The minimum atomic E-state index is -0.721. The average Bonchev–Trinajstić information content (AvgIpc) is 3.27. The molecule has 2 N–H and O–H groups in total. The van der Waals surface area contributed by atoms with E-state index >= 15 is 0 Å². The van der Waals surface area contributed by atoms with E-state index in [2.05, 4.69) is 39.5 Å². The lowest BCUT2D eigenvalue weighted by Crippen LogP contribution is -2.37. The number of hydrogen-bond donors (Lipinski definition) is 2. The minimum Gasteiger partial charge on any atom is -0.459 e. The number of para-hydroxylation sites is 1. The Balaban J connectivity index is 1.55. The van der Waals surface area contributed by atoms with Gasteiger partial charge in [0.15, 0.2) is 5.65 Å². The second-order valence-corrected chi connectivity index (χ2v) is 9.42. The zero-order chi connectivity index (χ0) is 24.8. The van der Waals surface area contributed by atoms with Crippen LogP contribution in [0, 0.1) is 5.92 Å². The molecule has 3 aromatic rings. The number of nitrogens with one attached hydrogen (secondary N) is 2. The van der Waals surface area contributed by atoms with Gasteiger partial charge in [-0.2, -0.15) is 19.6 Å². The Hall–Kier alpha value is -3.40. The Morgan fingerprint density at radius 1 is 1.23 bits per heavy atom. The van der Waals surface area contributed by atoms with Crippen molar-refractivity contribution in [3.05, 3.63) is 41.6 Å². The van der Waals surface area contributed by atoms with E-state index in [0.29, 0.717) is 36.5 Å². The summed E-state index contributed by atoms with van der Waals surface area (Å²) in [6, 6.07) is 7.62. The Morgan fingerprint density at radius 2 is 2.06 bits per heavy atom. The van der Waals surface area contributed by atoms with Crippen molar-refractivity contribution in [2.75, 3.05) is 25.0 Å². The number of piperidine rings is 1. The molecule has 0 radical (unpaired) electrons. The first-order valence-electron chi connectivity index (χ1n) is 12.2. The molecular weight excluding hydrogens is 448 g/mol. The van der Waals surface area contributed by atoms with Gasteiger partial charge in [-0.25, -0.2) is 4.79 Å². The third kappa shape index (κ3) is 6.39. The molecule has 1 atom stereocenters. The van der Waals surface area contributed by atoms with E-state index in [9.17, 15) is 4.79 Å². The van der Waals surface area contributed by atoms with Gasteiger partial charge in [-0.3, -0.25) is 0 Å². The second-order valence-electron chi connectivity index (χ2n) is 9.42. The highest BCUT2D eigenvalue weighted by molar-refractivity contribution is 5.64. The summed E-state index contributed by atoms with van der Waals surface area (Å²) in [5, 5.41) is 11.2. The monoisotopic (exact) mass is 482 g/mol. The molecule has 1 fully saturated rings. The molecule has 0 saturated carbocycles. The molecule has 0 unspecified atom stereocenters. The zero-order valence-electron chi connectivity index (χ0n) is 20.8. The van der Waals surface area contributed by atoms with Crippen molar-refractivity contribution >= 4 is 17.8 Å². The fourth-order valence-corrected chi connectivity index (χ4v) is 3.80. The summed E-state index contributed by atoms with van der Waals surface area (Å²) in [5.74, 6) is 1.39. The van der Waals surface area contributed by atoms with Gasteiger partial charge < -0.3 is 24.8 Å². The van der Waals surface area contributed by atoms with Crippen molar-refractivity contribution in [1.82, 2.24) is 24.9 Å². The number of anilines is 1. The van der Waals surface area contributed by atoms with E-state index in [1.807, 2.05) is 38.2 Å². The van der Waals surface area contributed by atoms with Crippen molar-refractivity contribution < 1.29 is 19.0 Å². The summed E-state index contributed by atoms with van der Waals surface area (Å²) in [7, 11) is 0. The number of rotatable bonds is 9. The van der Waals surface area contributed by atoms with Crippen molar-refractivity contribution in [1.29, 1.82) is 0 Å². The highest BCUT2D eigenvalue weighted by Crippen LogP contribution is 2.25. The summed E-state index contributed by atoms with van der Waals surface area (Å²) in [6.45, 7) is 10.6. The topological polar surface area (TPSA) is 112 Å². The molecule has 10 nitrogen and oxygen atoms in total. The Bertz CT molecular complexity index is 1140. The van der Waals surface area contributed by atoms with Crippen molar-refractivity contribution in [3.63, 3.8) is 0 Å². The molecule has 1 aromatic carbocycles. The van der Waals surface area contributed by atoms with Crippen molar-refractivity contribution in [3.8, 4) is 11.8 Å². The first-order valence-corrected chi connectivity index (χ1v) is 12.2. The molecule has 0 bridgehead atoms. The smallest absolute Gasteiger partial charge is 0.459 e. The number of nitrogens with zero attached hydrogens (tertiary/aromatic N) is 4. The molecule has 0 aliphatic carbocycles. The fourth-order valence-electron chi connectivity index (χ4n) is 3.80. The largest absolute Gasteiger partial charge is 0.513 e. The van der Waals surface area contributed by atoms with E-state index in [4.69, 9.17) is 14.2 Å². The van der Waals surface area contributed by atoms with Crippen LogP contribution in [-0.2, 0) is 11.3 Å². The summed E-state index contributed by atoms with van der Waals surface area (Å²) in [6.07, 6.45) is 3.13. The van der Waals surface area contributed by atoms with Gasteiger partial charge in [-0.05, 0) is 37.3 Å². The van der Waals surface area contributed by atoms with Crippen LogP contribution < -0.4 is 20.1 Å². The number of aromatic nitrogens is 4. The van der Waals surface area contributed by atoms with Crippen molar-refractivity contribution in [2.45, 2.75) is 59.1 Å². The van der Waals surface area contributed by atoms with Crippen LogP contribution >= 0.6 is 0 Å². The highest BCUT2D eigenvalue weighted by atomic mass is 16.7. The molecule has 10 heteroatoms. The maximum absolute atomic E-state index is 12.1. The van der Waals surface area contributed by atoms with Gasteiger partial charge in [0.2, 0.25) is 5.95 Å². The van der Waals surface area contributed by atoms with Crippen LogP contribution in [0.5, 0.6) is 11.8 Å². The molecule has 0 spiro atoms. The number of fused-ring (bicyclic) bond motifs is 1. The van der Waals surface area contributed by atoms with Gasteiger partial charge in [0, 0.05) is 24.2 Å². The van der Waals surface area contributed by atoms with Gasteiger partial charge in [0.05, 0.1) is 12.8 Å². The van der Waals surface area contributed by atoms with E-state index in [1.165, 1.54) is 0 Å². The fraction of sp³-hybridized carbons (Fsp3) is 0.520. The Labute approximate surface area is 205 Å². The SMILES string of the molecule is CC(C)COC(=O)Oc1ccccc1CNc1nc(O[C@@H]2CCCNC2)nc2c(C(C)C)cnn12. The summed E-state index contributed by atoms with van der Waals surface area (Å²) < 4.78 is 18.4. The molecule has 1 saturated heterocycles. The zero-order valence-corrected chi connectivity index (χ0v) is 20.8. The molecule has 1 aliphatic rings. The van der Waals surface area contributed by atoms with E-state index < -0.39 is 6.16 Å². The minimum absolute atomic E-state index is 0.0236. The summed E-state index contributed by atoms with van der Waals surface area (Å²) in [4.78, 5) is 21.4. The average molecular weight is 483 g/mol. The summed E-state index contributed by atoms with van der Waals surface area (Å²) in [5.41, 5.74) is 2.49. The molecule has 2 aromatic heterocycles. The number of carbonyl (C=O) groups is 1. The third-order valence-corrected chi connectivity index (χ3v) is 5.66. The number of hydrogen-bond acceptors (Lipinski definition) is 9. The lowest BCUT2D eigenvalue weighted by atomic mass is 10.1. The predicted octanol–water partition coefficient (Wildman–Crippen LogP) is 4.16. The van der Waals surface area contributed by atoms with Gasteiger partial charge in [-0.15, -0.1) is 0 Å². The van der Waals surface area contributed by atoms with E-state index in [-0.39, 0.29) is 17.9 Å². The third-order valence-electron chi connectivity index (χ3n) is 5.66. The van der Waals surface area contributed by atoms with Crippen LogP contribution in [0.15, 0.2) is 30.5 Å². The van der Waals surface area contributed by atoms with Crippen LogP contribution in [0.4, 0.5) is 10.7 Å². The lowest BCUT2D eigenvalue weighted by molar-refractivity contribution is 0.0882. The van der Waals surface area contributed by atoms with Gasteiger partial charge in [0.1, 0.15) is 11.9 Å². The molecule has 3 heterocycles. The van der Waals surface area contributed by atoms with Crippen LogP contribution in [0.3, 0.4) is 0 Å². The Morgan fingerprint density at radius 3 is 2.80 bits per heavy atom. The Kier molecular flexibility index (Phi) is 8.02. The number of ether oxygens (including phenoxy) is 3.